The first-order chi connectivity index (χ1) is 9.90. The summed E-state index contributed by atoms with van der Waals surface area (Å²) in [7, 11) is 2.80. The van der Waals surface area contributed by atoms with Crippen LogP contribution in [0, 0.1) is 0 Å². The van der Waals surface area contributed by atoms with Crippen molar-refractivity contribution in [3.05, 3.63) is 29.3 Å². The van der Waals surface area contributed by atoms with Crippen molar-refractivity contribution >= 4 is 24.0 Å². The molecule has 0 aromatic heterocycles. The fraction of sp³-hybridized carbons (Fsp3) is 0.143. The summed E-state index contributed by atoms with van der Waals surface area (Å²) in [4.78, 5) is 21.6. The van der Waals surface area contributed by atoms with Crippen molar-refractivity contribution in [2.45, 2.75) is 0 Å². The Labute approximate surface area is 121 Å². The van der Waals surface area contributed by atoms with Gasteiger partial charge in [0.05, 0.1) is 25.3 Å². The molecule has 0 aliphatic rings. The lowest BCUT2D eigenvalue weighted by Gasteiger charge is -2.13. The van der Waals surface area contributed by atoms with Crippen LogP contribution in [-0.4, -0.2) is 31.1 Å². The average Bonchev–Trinajstić information content (AvgIpc) is 2.43. The molecular formula is C14H16N2O5. The van der Waals surface area contributed by atoms with Crippen LogP contribution in [0.3, 0.4) is 0 Å². The van der Waals surface area contributed by atoms with Gasteiger partial charge in [-0.25, -0.2) is 0 Å². The van der Waals surface area contributed by atoms with E-state index in [4.69, 9.17) is 20.9 Å². The van der Waals surface area contributed by atoms with Gasteiger partial charge in [-0.05, 0) is 12.2 Å². The third kappa shape index (κ3) is 4.00. The maximum Gasteiger partial charge on any atom is 0.241 e. The van der Waals surface area contributed by atoms with Crippen LogP contribution in [-0.2, 0) is 9.59 Å². The van der Waals surface area contributed by atoms with Gasteiger partial charge in [-0.15, -0.1) is 0 Å². The average molecular weight is 292 g/mol. The van der Waals surface area contributed by atoms with Crippen molar-refractivity contribution in [2.75, 3.05) is 14.2 Å². The number of rotatable bonds is 6. The highest BCUT2D eigenvalue weighted by atomic mass is 16.5. The quantitative estimate of drug-likeness (QED) is 0.655. The number of amides is 2. The molecule has 0 heterocycles. The topological polar surface area (TPSA) is 125 Å². The van der Waals surface area contributed by atoms with Gasteiger partial charge < -0.3 is 26.0 Å². The van der Waals surface area contributed by atoms with E-state index in [9.17, 15) is 14.7 Å². The minimum atomic E-state index is -0.679. The molecule has 112 valence electrons. The van der Waals surface area contributed by atoms with E-state index in [0.29, 0.717) is 0 Å². The third-order valence-corrected chi connectivity index (χ3v) is 2.57. The number of phenols is 1. The molecule has 0 spiro atoms. The lowest BCUT2D eigenvalue weighted by molar-refractivity contribution is -0.114. The number of ether oxygens (including phenoxy) is 2. The zero-order valence-electron chi connectivity index (χ0n) is 11.6. The molecule has 1 aromatic carbocycles. The van der Waals surface area contributed by atoms with Gasteiger partial charge >= 0.3 is 0 Å². The van der Waals surface area contributed by atoms with Gasteiger partial charge in [0.15, 0.2) is 0 Å². The summed E-state index contributed by atoms with van der Waals surface area (Å²) >= 11 is 0. The normalized spacial score (nSPS) is 11.0. The van der Waals surface area contributed by atoms with Gasteiger partial charge in [0.25, 0.3) is 0 Å². The number of primary amides is 2. The lowest BCUT2D eigenvalue weighted by atomic mass is 10.0. The molecule has 21 heavy (non-hydrogen) atoms. The van der Waals surface area contributed by atoms with Gasteiger partial charge in [0.2, 0.25) is 11.8 Å². The molecule has 1 aromatic rings. The number of carbonyl (C=O) groups is 2. The Bertz CT molecular complexity index is 570. The van der Waals surface area contributed by atoms with Crippen LogP contribution in [0.25, 0.3) is 12.2 Å². The largest absolute Gasteiger partial charge is 0.506 e. The molecule has 0 aliphatic carbocycles. The lowest BCUT2D eigenvalue weighted by Crippen LogP contribution is -2.06. The number of benzene rings is 1. The second-order valence-electron chi connectivity index (χ2n) is 3.93. The Morgan fingerprint density at radius 1 is 1.00 bits per heavy atom. The molecule has 7 heteroatoms. The SMILES string of the molecule is COc1cc(OC)c(/C=C/C(N)=O)c(O)c1/C=C/C(N)=O. The molecular weight excluding hydrogens is 276 g/mol. The number of hydrogen-bond donors (Lipinski definition) is 3. The van der Waals surface area contributed by atoms with Crippen molar-refractivity contribution in [1.29, 1.82) is 0 Å². The molecule has 0 fully saturated rings. The zero-order chi connectivity index (χ0) is 16.0. The van der Waals surface area contributed by atoms with Crippen LogP contribution in [0.1, 0.15) is 11.1 Å². The number of methoxy groups -OCH3 is 2. The van der Waals surface area contributed by atoms with Gasteiger partial charge in [-0.1, -0.05) is 0 Å². The zero-order valence-corrected chi connectivity index (χ0v) is 11.6. The molecule has 0 atom stereocenters. The van der Waals surface area contributed by atoms with E-state index in [-0.39, 0.29) is 28.4 Å². The highest BCUT2D eigenvalue weighted by Gasteiger charge is 2.16. The van der Waals surface area contributed by atoms with E-state index < -0.39 is 11.8 Å². The van der Waals surface area contributed by atoms with Crippen LogP contribution in [0.15, 0.2) is 18.2 Å². The number of aromatic hydroxyl groups is 1. The van der Waals surface area contributed by atoms with Crippen LogP contribution in [0.4, 0.5) is 0 Å². The van der Waals surface area contributed by atoms with Crippen LogP contribution in [0.2, 0.25) is 0 Å². The smallest absolute Gasteiger partial charge is 0.241 e. The van der Waals surface area contributed by atoms with Crippen molar-refractivity contribution in [3.8, 4) is 17.2 Å². The van der Waals surface area contributed by atoms with Crippen LogP contribution < -0.4 is 20.9 Å². The highest BCUT2D eigenvalue weighted by Crippen LogP contribution is 2.40. The highest BCUT2D eigenvalue weighted by molar-refractivity contribution is 5.94. The molecule has 0 radical (unpaired) electrons. The van der Waals surface area contributed by atoms with E-state index in [1.807, 2.05) is 0 Å². The van der Waals surface area contributed by atoms with E-state index in [0.717, 1.165) is 12.2 Å². The van der Waals surface area contributed by atoms with Crippen molar-refractivity contribution < 1.29 is 24.2 Å². The predicted molar refractivity (Wildman–Crippen MR) is 77.7 cm³/mol. The van der Waals surface area contributed by atoms with Gasteiger partial charge in [0, 0.05) is 18.2 Å². The Morgan fingerprint density at radius 2 is 1.38 bits per heavy atom. The van der Waals surface area contributed by atoms with Crippen molar-refractivity contribution in [1.82, 2.24) is 0 Å². The molecule has 0 saturated carbocycles. The molecule has 0 unspecified atom stereocenters. The van der Waals surface area contributed by atoms with Crippen LogP contribution >= 0.6 is 0 Å². The summed E-state index contributed by atoms with van der Waals surface area (Å²) in [6.45, 7) is 0. The molecule has 7 nitrogen and oxygen atoms in total. The Kier molecular flexibility index (Phi) is 5.36. The molecule has 0 saturated heterocycles. The summed E-state index contributed by atoms with van der Waals surface area (Å²) in [6, 6.07) is 1.50. The predicted octanol–water partition coefficient (Wildman–Crippen LogP) is 0.406. The second-order valence-corrected chi connectivity index (χ2v) is 3.93. The summed E-state index contributed by atoms with van der Waals surface area (Å²) in [6.07, 6.45) is 4.76. The molecule has 0 aliphatic heterocycles. The van der Waals surface area contributed by atoms with Gasteiger partial charge in [-0.3, -0.25) is 9.59 Å². The fourth-order valence-electron chi connectivity index (χ4n) is 1.64. The number of nitrogens with two attached hydrogens (primary N) is 2. The minimum absolute atomic E-state index is 0.223. The first-order valence-electron chi connectivity index (χ1n) is 5.83. The minimum Gasteiger partial charge on any atom is -0.506 e. The van der Waals surface area contributed by atoms with Gasteiger partial charge in [0.1, 0.15) is 17.2 Å². The summed E-state index contributed by atoms with van der Waals surface area (Å²) in [5.74, 6) is -1.04. The van der Waals surface area contributed by atoms with Crippen LogP contribution in [0.5, 0.6) is 17.2 Å². The van der Waals surface area contributed by atoms with E-state index in [2.05, 4.69) is 0 Å². The first-order valence-corrected chi connectivity index (χ1v) is 5.83. The number of phenolic OH excluding ortho intramolecular Hbond substituents is 1. The van der Waals surface area contributed by atoms with E-state index in [1.54, 1.807) is 0 Å². The summed E-state index contributed by atoms with van der Waals surface area (Å²) in [5.41, 5.74) is 10.5. The van der Waals surface area contributed by atoms with E-state index >= 15 is 0 Å². The summed E-state index contributed by atoms with van der Waals surface area (Å²) in [5, 5.41) is 10.3. The maximum absolute atomic E-state index is 10.8. The fourth-order valence-corrected chi connectivity index (χ4v) is 1.64. The van der Waals surface area contributed by atoms with Crippen molar-refractivity contribution in [2.24, 2.45) is 11.5 Å². The standard InChI is InChI=1S/C14H16N2O5/c1-20-10-7-11(21-2)9(4-6-13(16)18)14(19)8(10)3-5-12(15)17/h3-7,19H,1-2H3,(H2,15,17)(H2,16,18)/b5-3+,6-4+. The monoisotopic (exact) mass is 292 g/mol. The second kappa shape index (κ2) is 6.99. The Hall–Kier alpha value is -2.96. The molecule has 0 bridgehead atoms. The van der Waals surface area contributed by atoms with Crippen molar-refractivity contribution in [3.63, 3.8) is 0 Å². The molecule has 2 amide bonds. The Morgan fingerprint density at radius 3 is 1.67 bits per heavy atom. The first kappa shape index (κ1) is 16.1. The molecule has 5 N–H and O–H groups in total. The van der Waals surface area contributed by atoms with E-state index in [1.165, 1.54) is 32.4 Å². The van der Waals surface area contributed by atoms with Gasteiger partial charge in [-0.2, -0.15) is 0 Å². The molecule has 1 rings (SSSR count). The maximum atomic E-state index is 10.8. The number of hydrogen-bond acceptors (Lipinski definition) is 5. The Balaban J connectivity index is 3.52. The summed E-state index contributed by atoms with van der Waals surface area (Å²) < 4.78 is 10.2. The third-order valence-electron chi connectivity index (χ3n) is 2.57. The number of carbonyl (C=O) groups excluding carboxylic acids is 2.